The first-order valence-corrected chi connectivity index (χ1v) is 4.53. The maximum absolute atomic E-state index is 11.7. The molecule has 0 N–H and O–H groups in total. The fourth-order valence-corrected chi connectivity index (χ4v) is 1.27. The quantitative estimate of drug-likeness (QED) is 0.685. The Morgan fingerprint density at radius 2 is 2.27 bits per heavy atom. The molecule has 0 aliphatic carbocycles. The molecule has 0 atom stereocenters. The highest BCUT2D eigenvalue weighted by Crippen LogP contribution is 2.03. The van der Waals surface area contributed by atoms with Crippen LogP contribution in [0.25, 0.3) is 0 Å². The van der Waals surface area contributed by atoms with Gasteiger partial charge in [0.2, 0.25) is 0 Å². The first kappa shape index (κ1) is 9.51. The molecule has 0 unspecified atom stereocenters. The Hall–Kier alpha value is -2.04. The summed E-state index contributed by atoms with van der Waals surface area (Å²) in [5, 5.41) is 7.28. The topological polar surface area (TPSA) is 60.7 Å². The highest BCUT2D eigenvalue weighted by atomic mass is 16.1. The van der Waals surface area contributed by atoms with Gasteiger partial charge in [0.1, 0.15) is 5.82 Å². The number of imidazole rings is 1. The molecule has 5 nitrogen and oxygen atoms in total. The number of aryl methyl sites for hydroxylation is 1. The van der Waals surface area contributed by atoms with Gasteiger partial charge in [-0.3, -0.25) is 4.79 Å². The van der Waals surface area contributed by atoms with Crippen molar-refractivity contribution in [1.29, 1.82) is 0 Å². The predicted molar refractivity (Wildman–Crippen MR) is 53.3 cm³/mol. The van der Waals surface area contributed by atoms with E-state index in [-0.39, 0.29) is 12.2 Å². The van der Waals surface area contributed by atoms with Crippen LogP contribution in [-0.2, 0) is 13.5 Å². The maximum atomic E-state index is 11.7. The van der Waals surface area contributed by atoms with Crippen LogP contribution in [0, 0.1) is 0 Å². The molecule has 0 saturated carbocycles. The zero-order chi connectivity index (χ0) is 10.7. The SMILES string of the molecule is Cn1ccnc1CC(=O)c1ccnnc1. The summed E-state index contributed by atoms with van der Waals surface area (Å²) < 4.78 is 1.83. The lowest BCUT2D eigenvalue weighted by atomic mass is 10.1. The molecule has 76 valence electrons. The first-order chi connectivity index (χ1) is 7.27. The van der Waals surface area contributed by atoms with Crippen molar-refractivity contribution in [1.82, 2.24) is 19.7 Å². The lowest BCUT2D eigenvalue weighted by Gasteiger charge is -2.00. The molecule has 2 heterocycles. The van der Waals surface area contributed by atoms with Gasteiger partial charge >= 0.3 is 0 Å². The van der Waals surface area contributed by atoms with Crippen molar-refractivity contribution in [2.24, 2.45) is 7.05 Å². The molecule has 0 aliphatic heterocycles. The maximum Gasteiger partial charge on any atom is 0.172 e. The van der Waals surface area contributed by atoms with E-state index < -0.39 is 0 Å². The fraction of sp³-hybridized carbons (Fsp3) is 0.200. The van der Waals surface area contributed by atoms with E-state index in [9.17, 15) is 4.79 Å². The standard InChI is InChI=1S/C10H10N4O/c1-14-5-4-11-10(14)6-9(15)8-2-3-12-13-7-8/h2-5,7H,6H2,1H3. The van der Waals surface area contributed by atoms with Crippen LogP contribution >= 0.6 is 0 Å². The minimum Gasteiger partial charge on any atom is -0.338 e. The number of aromatic nitrogens is 4. The van der Waals surface area contributed by atoms with Crippen molar-refractivity contribution in [3.05, 3.63) is 42.2 Å². The van der Waals surface area contributed by atoms with Gasteiger partial charge in [-0.15, -0.1) is 0 Å². The Labute approximate surface area is 86.8 Å². The van der Waals surface area contributed by atoms with Gasteiger partial charge in [0.25, 0.3) is 0 Å². The van der Waals surface area contributed by atoms with Crippen molar-refractivity contribution < 1.29 is 4.79 Å². The number of nitrogens with zero attached hydrogens (tertiary/aromatic N) is 4. The summed E-state index contributed by atoms with van der Waals surface area (Å²) in [6.07, 6.45) is 6.74. The molecule has 5 heteroatoms. The van der Waals surface area contributed by atoms with Crippen LogP contribution < -0.4 is 0 Å². The summed E-state index contributed by atoms with van der Waals surface area (Å²) in [6.45, 7) is 0. The van der Waals surface area contributed by atoms with E-state index in [0.29, 0.717) is 5.56 Å². The van der Waals surface area contributed by atoms with Crippen LogP contribution in [0.3, 0.4) is 0 Å². The normalized spacial score (nSPS) is 10.2. The number of Topliss-reactive ketones (excluding diaryl/α,β-unsaturated/α-hetero) is 1. The molecule has 2 aromatic heterocycles. The van der Waals surface area contributed by atoms with E-state index in [1.807, 2.05) is 17.8 Å². The van der Waals surface area contributed by atoms with Crippen LogP contribution in [0.2, 0.25) is 0 Å². The van der Waals surface area contributed by atoms with Gasteiger partial charge in [-0.25, -0.2) is 4.98 Å². The van der Waals surface area contributed by atoms with Crippen molar-refractivity contribution >= 4 is 5.78 Å². The second-order valence-corrected chi connectivity index (χ2v) is 3.19. The molecular weight excluding hydrogens is 192 g/mol. The second-order valence-electron chi connectivity index (χ2n) is 3.19. The van der Waals surface area contributed by atoms with E-state index in [2.05, 4.69) is 15.2 Å². The average Bonchev–Trinajstić information content (AvgIpc) is 2.66. The molecule has 0 spiro atoms. The van der Waals surface area contributed by atoms with E-state index in [0.717, 1.165) is 5.82 Å². The molecular formula is C10H10N4O. The number of rotatable bonds is 3. The van der Waals surface area contributed by atoms with Gasteiger partial charge < -0.3 is 4.57 Å². The van der Waals surface area contributed by atoms with E-state index >= 15 is 0 Å². The number of ketones is 1. The van der Waals surface area contributed by atoms with Gasteiger partial charge in [-0.2, -0.15) is 10.2 Å². The largest absolute Gasteiger partial charge is 0.338 e. The van der Waals surface area contributed by atoms with Gasteiger partial charge in [-0.1, -0.05) is 0 Å². The Morgan fingerprint density at radius 3 is 2.87 bits per heavy atom. The number of carbonyl (C=O) groups excluding carboxylic acids is 1. The zero-order valence-corrected chi connectivity index (χ0v) is 8.29. The van der Waals surface area contributed by atoms with Crippen LogP contribution in [0.1, 0.15) is 16.2 Å². The lowest BCUT2D eigenvalue weighted by Crippen LogP contribution is -2.08. The summed E-state index contributed by atoms with van der Waals surface area (Å²) in [7, 11) is 1.86. The molecule has 0 saturated heterocycles. The summed E-state index contributed by atoms with van der Waals surface area (Å²) in [5.74, 6) is 0.746. The third-order valence-corrected chi connectivity index (χ3v) is 2.15. The van der Waals surface area contributed by atoms with Gasteiger partial charge in [0, 0.05) is 25.0 Å². The lowest BCUT2D eigenvalue weighted by molar-refractivity contribution is 0.0989. The summed E-state index contributed by atoms with van der Waals surface area (Å²) in [5.41, 5.74) is 0.563. The fourth-order valence-electron chi connectivity index (χ4n) is 1.27. The Balaban J connectivity index is 2.15. The van der Waals surface area contributed by atoms with Gasteiger partial charge in [0.05, 0.1) is 18.8 Å². The summed E-state index contributed by atoms with van der Waals surface area (Å²) in [6, 6.07) is 1.65. The van der Waals surface area contributed by atoms with Gasteiger partial charge in [-0.05, 0) is 6.07 Å². The van der Waals surface area contributed by atoms with Crippen LogP contribution in [0.15, 0.2) is 30.9 Å². The number of hydrogen-bond donors (Lipinski definition) is 0. The summed E-state index contributed by atoms with van der Waals surface area (Å²) >= 11 is 0. The second kappa shape index (κ2) is 4.00. The smallest absolute Gasteiger partial charge is 0.172 e. The molecule has 0 fully saturated rings. The van der Waals surface area contributed by atoms with Crippen molar-refractivity contribution in [3.8, 4) is 0 Å². The third-order valence-electron chi connectivity index (χ3n) is 2.15. The first-order valence-electron chi connectivity index (χ1n) is 4.53. The van der Waals surface area contributed by atoms with Crippen LogP contribution in [0.5, 0.6) is 0 Å². The number of hydrogen-bond acceptors (Lipinski definition) is 4. The van der Waals surface area contributed by atoms with Crippen molar-refractivity contribution in [3.63, 3.8) is 0 Å². The van der Waals surface area contributed by atoms with Crippen LogP contribution in [-0.4, -0.2) is 25.5 Å². The molecule has 0 aromatic carbocycles. The highest BCUT2D eigenvalue weighted by molar-refractivity contribution is 5.96. The highest BCUT2D eigenvalue weighted by Gasteiger charge is 2.09. The minimum absolute atomic E-state index is 0.000741. The molecule has 0 aliphatic rings. The molecule has 0 bridgehead atoms. The molecule has 2 rings (SSSR count). The Kier molecular flexibility index (Phi) is 2.53. The van der Waals surface area contributed by atoms with Gasteiger partial charge in [0.15, 0.2) is 5.78 Å². The van der Waals surface area contributed by atoms with E-state index in [1.54, 1.807) is 12.3 Å². The van der Waals surface area contributed by atoms with Crippen molar-refractivity contribution in [2.75, 3.05) is 0 Å². The zero-order valence-electron chi connectivity index (χ0n) is 8.29. The predicted octanol–water partition coefficient (Wildman–Crippen LogP) is 0.635. The minimum atomic E-state index is -0.000741. The van der Waals surface area contributed by atoms with E-state index in [1.165, 1.54) is 12.4 Å². The van der Waals surface area contributed by atoms with Crippen LogP contribution in [0.4, 0.5) is 0 Å². The molecule has 0 radical (unpaired) electrons. The molecule has 2 aromatic rings. The Morgan fingerprint density at radius 1 is 1.40 bits per heavy atom. The summed E-state index contributed by atoms with van der Waals surface area (Å²) in [4.78, 5) is 15.8. The Bertz CT molecular complexity index is 463. The number of carbonyl (C=O) groups is 1. The van der Waals surface area contributed by atoms with Crippen molar-refractivity contribution in [2.45, 2.75) is 6.42 Å². The third kappa shape index (κ3) is 2.07. The molecule has 0 amide bonds. The van der Waals surface area contributed by atoms with E-state index in [4.69, 9.17) is 0 Å². The monoisotopic (exact) mass is 202 g/mol. The average molecular weight is 202 g/mol. The molecule has 15 heavy (non-hydrogen) atoms.